The Morgan fingerprint density at radius 3 is 2.11 bits per heavy atom. The summed E-state index contributed by atoms with van der Waals surface area (Å²) in [6.45, 7) is 1.75. The smallest absolute Gasteiger partial charge is 0.194 e. The Bertz CT molecular complexity index is 597. The Morgan fingerprint density at radius 1 is 0.944 bits per heavy atom. The summed E-state index contributed by atoms with van der Waals surface area (Å²) in [5.74, 6) is -4.00. The molecule has 0 heterocycles. The highest BCUT2D eigenvalue weighted by atomic mass is 19.2. The van der Waals surface area contributed by atoms with Crippen molar-refractivity contribution in [3.63, 3.8) is 0 Å². The first-order valence-corrected chi connectivity index (χ1v) is 5.23. The summed E-state index contributed by atoms with van der Waals surface area (Å²) >= 11 is 0. The highest BCUT2D eigenvalue weighted by Gasteiger charge is 2.12. The van der Waals surface area contributed by atoms with Crippen LogP contribution in [0.5, 0.6) is 0 Å². The van der Waals surface area contributed by atoms with Gasteiger partial charge in [0.1, 0.15) is 6.29 Å². The van der Waals surface area contributed by atoms with E-state index >= 15 is 0 Å². The number of hydrogen-bond acceptors (Lipinski definition) is 1. The minimum absolute atomic E-state index is 0.189. The Balaban J connectivity index is 2.58. The lowest BCUT2D eigenvalue weighted by atomic mass is 10.00. The van der Waals surface area contributed by atoms with Gasteiger partial charge in [-0.2, -0.15) is 0 Å². The van der Waals surface area contributed by atoms with E-state index in [1.165, 1.54) is 6.07 Å². The monoisotopic (exact) mass is 250 g/mol. The zero-order valence-corrected chi connectivity index (χ0v) is 9.51. The van der Waals surface area contributed by atoms with Gasteiger partial charge in [0.25, 0.3) is 0 Å². The molecule has 4 heteroatoms. The molecule has 0 aliphatic carbocycles. The summed E-state index contributed by atoms with van der Waals surface area (Å²) in [5, 5.41) is 0. The van der Waals surface area contributed by atoms with Crippen LogP contribution in [0.3, 0.4) is 0 Å². The van der Waals surface area contributed by atoms with E-state index in [0.29, 0.717) is 17.4 Å². The minimum Gasteiger partial charge on any atom is -0.298 e. The van der Waals surface area contributed by atoms with Gasteiger partial charge in [0, 0.05) is 5.56 Å². The van der Waals surface area contributed by atoms with E-state index in [4.69, 9.17) is 0 Å². The van der Waals surface area contributed by atoms with Crippen LogP contribution in [0.25, 0.3) is 11.1 Å². The van der Waals surface area contributed by atoms with Crippen LogP contribution in [0.15, 0.2) is 30.3 Å². The second-order valence-corrected chi connectivity index (χ2v) is 3.94. The van der Waals surface area contributed by atoms with Crippen molar-refractivity contribution in [1.29, 1.82) is 0 Å². The zero-order chi connectivity index (χ0) is 13.3. The van der Waals surface area contributed by atoms with Crippen molar-refractivity contribution in [2.45, 2.75) is 6.92 Å². The number of aldehydes is 1. The molecule has 2 aromatic carbocycles. The van der Waals surface area contributed by atoms with Crippen molar-refractivity contribution in [2.24, 2.45) is 0 Å². The fraction of sp³-hybridized carbons (Fsp3) is 0.0714. The Kier molecular flexibility index (Phi) is 3.19. The number of carbonyl (C=O) groups is 1. The molecular weight excluding hydrogens is 241 g/mol. The second-order valence-electron chi connectivity index (χ2n) is 3.94. The molecular formula is C14H9F3O. The number of hydrogen-bond donors (Lipinski definition) is 0. The maximum absolute atomic E-state index is 13.1. The topological polar surface area (TPSA) is 17.1 Å². The zero-order valence-electron chi connectivity index (χ0n) is 9.51. The van der Waals surface area contributed by atoms with Crippen LogP contribution in [0.1, 0.15) is 15.9 Å². The van der Waals surface area contributed by atoms with Gasteiger partial charge in [0.2, 0.25) is 0 Å². The molecule has 0 unspecified atom stereocenters. The highest BCUT2D eigenvalue weighted by Crippen LogP contribution is 2.25. The number of carbonyl (C=O) groups excluding carboxylic acids is 1. The van der Waals surface area contributed by atoms with E-state index in [-0.39, 0.29) is 5.56 Å². The first-order valence-electron chi connectivity index (χ1n) is 5.23. The molecule has 0 bridgehead atoms. The molecule has 1 nitrogen and oxygen atoms in total. The van der Waals surface area contributed by atoms with Gasteiger partial charge < -0.3 is 0 Å². The molecule has 0 N–H and O–H groups in total. The van der Waals surface area contributed by atoms with E-state index in [2.05, 4.69) is 0 Å². The maximum Gasteiger partial charge on any atom is 0.194 e. The summed E-state index contributed by atoms with van der Waals surface area (Å²) in [6.07, 6.45) is 0.662. The number of aryl methyl sites for hydroxylation is 1. The van der Waals surface area contributed by atoms with Crippen molar-refractivity contribution in [2.75, 3.05) is 0 Å². The molecule has 0 saturated heterocycles. The van der Waals surface area contributed by atoms with Crippen molar-refractivity contribution in [3.8, 4) is 11.1 Å². The normalized spacial score (nSPS) is 10.4. The number of rotatable bonds is 2. The summed E-state index contributed by atoms with van der Waals surface area (Å²) in [5.41, 5.74) is 1.84. The molecule has 0 saturated carbocycles. The van der Waals surface area contributed by atoms with Gasteiger partial charge in [-0.05, 0) is 41.8 Å². The lowest BCUT2D eigenvalue weighted by Gasteiger charge is -2.06. The minimum atomic E-state index is -1.50. The first kappa shape index (κ1) is 12.4. The number of benzene rings is 2. The predicted octanol–water partition coefficient (Wildman–Crippen LogP) is 3.89. The molecule has 2 rings (SSSR count). The maximum atomic E-state index is 13.1. The van der Waals surface area contributed by atoms with Crippen LogP contribution in [0.2, 0.25) is 0 Å². The van der Waals surface area contributed by atoms with E-state index in [1.54, 1.807) is 19.1 Å². The van der Waals surface area contributed by atoms with Crippen LogP contribution in [-0.4, -0.2) is 6.29 Å². The number of halogens is 3. The van der Waals surface area contributed by atoms with Gasteiger partial charge in [-0.15, -0.1) is 0 Å². The molecule has 0 spiro atoms. The SMILES string of the molecule is Cc1ccc(-c2cc(F)c(F)c(F)c2)cc1C=O. The Hall–Kier alpha value is -2.10. The van der Waals surface area contributed by atoms with Gasteiger partial charge in [-0.3, -0.25) is 4.79 Å². The molecule has 92 valence electrons. The fourth-order valence-electron chi connectivity index (χ4n) is 1.67. The average Bonchev–Trinajstić information content (AvgIpc) is 2.36. The first-order chi connectivity index (χ1) is 8.52. The van der Waals surface area contributed by atoms with Crippen molar-refractivity contribution in [1.82, 2.24) is 0 Å². The lowest BCUT2D eigenvalue weighted by molar-refractivity contribution is 0.112. The molecule has 18 heavy (non-hydrogen) atoms. The van der Waals surface area contributed by atoms with Crippen LogP contribution in [0, 0.1) is 24.4 Å². The summed E-state index contributed by atoms with van der Waals surface area (Å²) in [6, 6.07) is 6.59. The van der Waals surface area contributed by atoms with Gasteiger partial charge in [0.05, 0.1) is 0 Å². The van der Waals surface area contributed by atoms with E-state index in [1.807, 2.05) is 0 Å². The van der Waals surface area contributed by atoms with Gasteiger partial charge >= 0.3 is 0 Å². The molecule has 2 aromatic rings. The van der Waals surface area contributed by atoms with Gasteiger partial charge in [0.15, 0.2) is 17.5 Å². The van der Waals surface area contributed by atoms with Crippen molar-refractivity contribution in [3.05, 3.63) is 58.9 Å². The quantitative estimate of drug-likeness (QED) is 0.583. The third-order valence-corrected chi connectivity index (χ3v) is 2.72. The second kappa shape index (κ2) is 4.64. The van der Waals surface area contributed by atoms with Gasteiger partial charge in [-0.25, -0.2) is 13.2 Å². The summed E-state index contributed by atoms with van der Waals surface area (Å²) < 4.78 is 39.0. The molecule has 0 radical (unpaired) electrons. The Morgan fingerprint density at radius 2 is 1.56 bits per heavy atom. The third kappa shape index (κ3) is 2.14. The van der Waals surface area contributed by atoms with E-state index in [0.717, 1.165) is 17.7 Å². The summed E-state index contributed by atoms with van der Waals surface area (Å²) in [4.78, 5) is 10.8. The van der Waals surface area contributed by atoms with Gasteiger partial charge in [-0.1, -0.05) is 12.1 Å². The van der Waals surface area contributed by atoms with Crippen LogP contribution in [0.4, 0.5) is 13.2 Å². The van der Waals surface area contributed by atoms with E-state index in [9.17, 15) is 18.0 Å². The van der Waals surface area contributed by atoms with Crippen LogP contribution in [-0.2, 0) is 0 Å². The molecule has 0 fully saturated rings. The highest BCUT2D eigenvalue weighted by molar-refractivity contribution is 5.81. The largest absolute Gasteiger partial charge is 0.298 e. The van der Waals surface area contributed by atoms with Crippen LogP contribution < -0.4 is 0 Å². The molecule has 0 amide bonds. The van der Waals surface area contributed by atoms with Crippen molar-refractivity contribution >= 4 is 6.29 Å². The molecule has 0 aliphatic heterocycles. The predicted molar refractivity (Wildman–Crippen MR) is 61.9 cm³/mol. The Labute approximate surface area is 102 Å². The summed E-state index contributed by atoms with van der Waals surface area (Å²) in [7, 11) is 0. The third-order valence-electron chi connectivity index (χ3n) is 2.72. The van der Waals surface area contributed by atoms with Crippen molar-refractivity contribution < 1.29 is 18.0 Å². The standard InChI is InChI=1S/C14H9F3O/c1-8-2-3-9(4-11(8)7-18)10-5-12(15)14(17)13(16)6-10/h2-7H,1H3. The lowest BCUT2D eigenvalue weighted by Crippen LogP contribution is -1.93. The molecule has 0 aromatic heterocycles. The molecule has 0 atom stereocenters. The average molecular weight is 250 g/mol. The molecule has 0 aliphatic rings. The van der Waals surface area contributed by atoms with Crippen LogP contribution >= 0.6 is 0 Å². The fourth-order valence-corrected chi connectivity index (χ4v) is 1.67. The van der Waals surface area contributed by atoms with E-state index < -0.39 is 17.5 Å².